The molecule has 14 heteroatoms. The molecule has 6 N–H and O–H groups in total. The summed E-state index contributed by atoms with van der Waals surface area (Å²) in [5.74, 6) is 0.666. The van der Waals surface area contributed by atoms with Crippen molar-refractivity contribution < 1.29 is 9.53 Å². The minimum atomic E-state index is -0.520. The minimum absolute atomic E-state index is 0.109. The van der Waals surface area contributed by atoms with Crippen molar-refractivity contribution in [1.29, 1.82) is 0 Å². The van der Waals surface area contributed by atoms with E-state index in [0.717, 1.165) is 70.1 Å². The fraction of sp³-hybridized carbons (Fsp3) is 0.600. The number of ether oxygens (including phenoxy) is 1. The molecule has 0 aliphatic carbocycles. The first-order valence-electron chi connectivity index (χ1n) is 15.6. The lowest BCUT2D eigenvalue weighted by Crippen LogP contribution is -2.41. The molecule has 1 aromatic carbocycles. The summed E-state index contributed by atoms with van der Waals surface area (Å²) < 4.78 is 7.19. The summed E-state index contributed by atoms with van der Waals surface area (Å²) in [7, 11) is 0. The lowest BCUT2D eigenvalue weighted by atomic mass is 9.93. The van der Waals surface area contributed by atoms with Gasteiger partial charge in [-0.25, -0.2) is 4.79 Å². The second kappa shape index (κ2) is 16.6. The number of rotatable bonds is 17. The highest BCUT2D eigenvalue weighted by Gasteiger charge is 2.20. The summed E-state index contributed by atoms with van der Waals surface area (Å²) in [6.45, 7) is 6.90. The van der Waals surface area contributed by atoms with Gasteiger partial charge in [0.2, 0.25) is 5.91 Å². The van der Waals surface area contributed by atoms with Gasteiger partial charge >= 0.3 is 11.7 Å². The van der Waals surface area contributed by atoms with Gasteiger partial charge < -0.3 is 26.5 Å². The molecule has 4 rings (SSSR count). The summed E-state index contributed by atoms with van der Waals surface area (Å²) in [6.07, 6.45) is 7.10. The third kappa shape index (κ3) is 9.43. The van der Waals surface area contributed by atoms with Crippen LogP contribution in [-0.4, -0.2) is 69.2 Å². The van der Waals surface area contributed by atoms with E-state index in [0.29, 0.717) is 49.7 Å². The Kier molecular flexibility index (Phi) is 12.4. The fourth-order valence-electron chi connectivity index (χ4n) is 5.43. The maximum Gasteiger partial charge on any atom is 0.328 e. The van der Waals surface area contributed by atoms with Crippen LogP contribution in [0.5, 0.6) is 6.01 Å². The number of unbranched alkanes of at least 4 members (excludes halogenated alkanes) is 2. The average molecular weight is 608 g/mol. The Morgan fingerprint density at radius 2 is 1.91 bits per heavy atom. The molecule has 14 nitrogen and oxygen atoms in total. The lowest BCUT2D eigenvalue weighted by Gasteiger charge is -2.32. The molecule has 1 atom stereocenters. The number of benzene rings is 1. The second-order valence-electron chi connectivity index (χ2n) is 11.5. The molecule has 3 aromatic rings. The largest absolute Gasteiger partial charge is 0.463 e. The number of aromatic amines is 1. The summed E-state index contributed by atoms with van der Waals surface area (Å²) in [5, 5.41) is 6.48. The fourth-order valence-corrected chi connectivity index (χ4v) is 5.43. The van der Waals surface area contributed by atoms with E-state index in [-0.39, 0.29) is 23.4 Å². The highest BCUT2D eigenvalue weighted by Crippen LogP contribution is 2.22. The van der Waals surface area contributed by atoms with Crippen LogP contribution in [0.1, 0.15) is 69.4 Å². The van der Waals surface area contributed by atoms with Crippen LogP contribution in [0.2, 0.25) is 0 Å². The number of aromatic nitrogens is 4. The van der Waals surface area contributed by atoms with Crippen molar-refractivity contribution in [1.82, 2.24) is 29.7 Å². The zero-order valence-corrected chi connectivity index (χ0v) is 25.6. The van der Waals surface area contributed by atoms with Gasteiger partial charge in [-0.3, -0.25) is 14.3 Å². The monoisotopic (exact) mass is 607 g/mol. The molecule has 0 saturated carbocycles. The smallest absolute Gasteiger partial charge is 0.328 e. The quantitative estimate of drug-likeness (QED) is 0.0771. The van der Waals surface area contributed by atoms with E-state index < -0.39 is 6.04 Å². The van der Waals surface area contributed by atoms with Crippen LogP contribution in [0.25, 0.3) is 21.6 Å². The third-order valence-corrected chi connectivity index (χ3v) is 8.11. The Morgan fingerprint density at radius 3 is 2.61 bits per heavy atom. The number of azide groups is 1. The van der Waals surface area contributed by atoms with Crippen LogP contribution in [0.15, 0.2) is 34.2 Å². The maximum atomic E-state index is 12.7. The summed E-state index contributed by atoms with van der Waals surface area (Å²) in [6, 6.07) is 7.97. The first-order valence-corrected chi connectivity index (χ1v) is 15.6. The number of fused-ring (bicyclic) bond motifs is 1. The van der Waals surface area contributed by atoms with Crippen LogP contribution in [-0.2, 0) is 17.9 Å². The number of nitrogens with zero attached hydrogens (tertiary/aromatic N) is 7. The predicted octanol–water partition coefficient (Wildman–Crippen LogP) is 3.46. The van der Waals surface area contributed by atoms with Gasteiger partial charge in [0.25, 0.3) is 0 Å². The van der Waals surface area contributed by atoms with Gasteiger partial charge in [-0.1, -0.05) is 49.1 Å². The van der Waals surface area contributed by atoms with Gasteiger partial charge in [-0.2, -0.15) is 9.97 Å². The molecule has 1 aliphatic heterocycles. The number of anilines is 1. The molecule has 3 heterocycles. The summed E-state index contributed by atoms with van der Waals surface area (Å²) in [4.78, 5) is 41.6. The maximum absolute atomic E-state index is 12.7. The number of nitrogen functional groups attached to an aromatic ring is 1. The van der Waals surface area contributed by atoms with E-state index in [4.69, 9.17) is 21.7 Å². The van der Waals surface area contributed by atoms with Crippen molar-refractivity contribution in [3.05, 3.63) is 56.3 Å². The second-order valence-corrected chi connectivity index (χ2v) is 11.5. The number of nitrogens with two attached hydrogens (primary N) is 2. The van der Waals surface area contributed by atoms with E-state index in [1.807, 2.05) is 12.1 Å². The third-order valence-electron chi connectivity index (χ3n) is 8.11. The molecule has 238 valence electrons. The van der Waals surface area contributed by atoms with Crippen LogP contribution in [0.4, 0.5) is 5.82 Å². The molecule has 1 unspecified atom stereocenters. The minimum Gasteiger partial charge on any atom is -0.463 e. The molecular weight excluding hydrogens is 562 g/mol. The van der Waals surface area contributed by atoms with Gasteiger partial charge in [0.1, 0.15) is 5.52 Å². The number of likely N-dealkylation sites (tertiary alicyclic amines) is 1. The molecule has 0 bridgehead atoms. The van der Waals surface area contributed by atoms with Gasteiger partial charge in [0, 0.05) is 24.5 Å². The Balaban J connectivity index is 1.20. The Bertz CT molecular complexity index is 1460. The van der Waals surface area contributed by atoms with E-state index in [1.54, 1.807) is 4.57 Å². The molecule has 0 radical (unpaired) electrons. The summed E-state index contributed by atoms with van der Waals surface area (Å²) in [5.41, 5.74) is 23.1. The van der Waals surface area contributed by atoms with Crippen molar-refractivity contribution in [3.8, 4) is 6.01 Å². The van der Waals surface area contributed by atoms with Gasteiger partial charge in [0.15, 0.2) is 11.5 Å². The van der Waals surface area contributed by atoms with Crippen molar-refractivity contribution in [2.24, 2.45) is 16.8 Å². The summed E-state index contributed by atoms with van der Waals surface area (Å²) >= 11 is 0. The zero-order chi connectivity index (χ0) is 31.3. The number of H-pyrrole nitrogens is 1. The molecule has 44 heavy (non-hydrogen) atoms. The number of amides is 1. The lowest BCUT2D eigenvalue weighted by molar-refractivity contribution is -0.122. The number of imidazole rings is 1. The van der Waals surface area contributed by atoms with Gasteiger partial charge in [0.05, 0.1) is 19.2 Å². The zero-order valence-electron chi connectivity index (χ0n) is 25.6. The van der Waals surface area contributed by atoms with Crippen LogP contribution in [0.3, 0.4) is 0 Å². The SMILES string of the molecule is CCCCOc1nc(N)c2[nH]c(=O)n(Cc3ccc(CN4CCC(CCNC(=O)C(N)CCCCN=[N+]=[N-])CC4)cc3)c2n1. The number of carbonyl (C=O) groups is 1. The Hall–Kier alpha value is -4.13. The van der Waals surface area contributed by atoms with E-state index in [1.165, 1.54) is 5.56 Å². The van der Waals surface area contributed by atoms with E-state index in [2.05, 4.69) is 54.3 Å². The molecule has 1 fully saturated rings. The normalized spacial score (nSPS) is 14.8. The molecule has 2 aromatic heterocycles. The van der Waals surface area contributed by atoms with Crippen molar-refractivity contribution in [2.75, 3.05) is 38.5 Å². The Morgan fingerprint density at radius 1 is 1.18 bits per heavy atom. The topological polar surface area (TPSA) is 206 Å². The van der Waals surface area contributed by atoms with Gasteiger partial charge in [-0.15, -0.1) is 0 Å². The number of hydrogen-bond acceptors (Lipinski definition) is 9. The van der Waals surface area contributed by atoms with Crippen molar-refractivity contribution in [2.45, 2.75) is 77.4 Å². The van der Waals surface area contributed by atoms with Crippen LogP contribution >= 0.6 is 0 Å². The number of nitrogens with one attached hydrogen (secondary N) is 2. The first kappa shape index (κ1) is 32.8. The number of hydrogen-bond donors (Lipinski definition) is 4. The molecule has 1 saturated heterocycles. The van der Waals surface area contributed by atoms with Crippen LogP contribution in [0, 0.1) is 5.92 Å². The predicted molar refractivity (Wildman–Crippen MR) is 170 cm³/mol. The van der Waals surface area contributed by atoms with Gasteiger partial charge in [-0.05, 0) is 74.2 Å². The molecule has 1 amide bonds. The number of piperidine rings is 1. The highest BCUT2D eigenvalue weighted by molar-refractivity contribution is 5.82. The Labute approximate surface area is 257 Å². The highest BCUT2D eigenvalue weighted by atomic mass is 16.5. The van der Waals surface area contributed by atoms with Crippen molar-refractivity contribution >= 4 is 22.9 Å². The van der Waals surface area contributed by atoms with Crippen molar-refractivity contribution in [3.63, 3.8) is 0 Å². The molecular formula is C30H45N11O3. The standard InChI is InChI=1S/C30H45N11O3/c1-2-3-18-44-29-37-26(32)25-27(38-29)41(30(43)36-25)20-23-9-7-22(8-10-23)19-40-16-12-21(13-17-40)11-15-34-28(42)24(31)6-4-5-14-35-39-33/h7-10,21,24H,2-6,11-20,31H2,1H3,(H,34,42)(H,36,43)(H2,32,37,38). The molecule has 1 aliphatic rings. The van der Waals surface area contributed by atoms with E-state index in [9.17, 15) is 9.59 Å². The molecule has 0 spiro atoms. The first-order chi connectivity index (χ1) is 21.4. The van der Waals surface area contributed by atoms with E-state index >= 15 is 0 Å². The number of carbonyl (C=O) groups excluding carboxylic acids is 1. The average Bonchev–Trinajstić information content (AvgIpc) is 3.33. The van der Waals surface area contributed by atoms with Crippen LogP contribution < -0.4 is 27.2 Å².